The van der Waals surface area contributed by atoms with Crippen molar-refractivity contribution in [1.29, 1.82) is 0 Å². The lowest BCUT2D eigenvalue weighted by Crippen LogP contribution is -2.25. The number of hydrogen-bond acceptors (Lipinski definition) is 5. The minimum atomic E-state index is -0.0546. The molecule has 0 aliphatic heterocycles. The van der Waals surface area contributed by atoms with Crippen molar-refractivity contribution in [2.24, 2.45) is 5.92 Å². The van der Waals surface area contributed by atoms with Gasteiger partial charge in [0.1, 0.15) is 17.8 Å². The first-order chi connectivity index (χ1) is 10.6. The third kappa shape index (κ3) is 2.53. The van der Waals surface area contributed by atoms with Gasteiger partial charge in [-0.1, -0.05) is 0 Å². The van der Waals surface area contributed by atoms with Crippen LogP contribution in [-0.4, -0.2) is 27.1 Å². The van der Waals surface area contributed by atoms with Gasteiger partial charge in [0.15, 0.2) is 0 Å². The lowest BCUT2D eigenvalue weighted by atomic mass is 9.86. The molecule has 1 aliphatic carbocycles. The van der Waals surface area contributed by atoms with Crippen molar-refractivity contribution in [2.75, 3.05) is 12.3 Å². The number of carbonyl (C=O) groups is 1. The number of fused-ring (bicyclic) bond motifs is 1. The molecule has 0 bridgehead atoms. The van der Waals surface area contributed by atoms with Crippen LogP contribution in [0.5, 0.6) is 0 Å². The quantitative estimate of drug-likeness (QED) is 0.881. The molecule has 0 spiro atoms. The largest absolute Gasteiger partial charge is 0.466 e. The van der Waals surface area contributed by atoms with Gasteiger partial charge >= 0.3 is 5.97 Å². The summed E-state index contributed by atoms with van der Waals surface area (Å²) < 4.78 is 7.33. The molecule has 2 aromatic rings. The van der Waals surface area contributed by atoms with Crippen molar-refractivity contribution in [3.63, 3.8) is 0 Å². The van der Waals surface area contributed by atoms with E-state index in [0.29, 0.717) is 18.5 Å². The average molecular weight is 302 g/mol. The molecule has 0 aromatic carbocycles. The molecule has 3 rings (SSSR count). The SMILES string of the molecule is CCOC(=O)C1CCC(n2cc(C)c3c(N)ncnc32)CC1. The minimum Gasteiger partial charge on any atom is -0.466 e. The second-order valence-corrected chi connectivity index (χ2v) is 5.93. The Labute approximate surface area is 129 Å². The molecule has 1 fully saturated rings. The zero-order valence-electron chi connectivity index (χ0n) is 13.1. The predicted octanol–water partition coefficient (Wildman–Crippen LogP) is 2.62. The maximum atomic E-state index is 11.8. The van der Waals surface area contributed by atoms with Crippen molar-refractivity contribution in [2.45, 2.75) is 45.6 Å². The van der Waals surface area contributed by atoms with E-state index >= 15 is 0 Å². The van der Waals surface area contributed by atoms with Gasteiger partial charge in [-0.2, -0.15) is 0 Å². The van der Waals surface area contributed by atoms with Gasteiger partial charge in [0, 0.05) is 12.2 Å². The van der Waals surface area contributed by atoms with E-state index in [1.807, 2.05) is 13.8 Å². The standard InChI is InChI=1S/C16H22N4O2/c1-3-22-16(21)11-4-6-12(7-5-11)20-8-10(2)13-14(17)18-9-19-15(13)20/h8-9,11-12H,3-7H2,1-2H3,(H2,17,18,19). The van der Waals surface area contributed by atoms with E-state index in [9.17, 15) is 4.79 Å². The monoisotopic (exact) mass is 302 g/mol. The van der Waals surface area contributed by atoms with Crippen LogP contribution in [-0.2, 0) is 9.53 Å². The summed E-state index contributed by atoms with van der Waals surface area (Å²) in [5.41, 5.74) is 7.96. The van der Waals surface area contributed by atoms with Crippen LogP contribution in [0.4, 0.5) is 5.82 Å². The number of nitrogens with zero attached hydrogens (tertiary/aromatic N) is 3. The van der Waals surface area contributed by atoms with E-state index in [-0.39, 0.29) is 11.9 Å². The minimum absolute atomic E-state index is 0.0406. The highest BCUT2D eigenvalue weighted by Gasteiger charge is 2.29. The molecule has 1 saturated carbocycles. The lowest BCUT2D eigenvalue weighted by Gasteiger charge is -2.28. The smallest absolute Gasteiger partial charge is 0.308 e. The fraction of sp³-hybridized carbons (Fsp3) is 0.562. The Morgan fingerprint density at radius 3 is 2.77 bits per heavy atom. The Balaban J connectivity index is 1.80. The number of esters is 1. The van der Waals surface area contributed by atoms with Gasteiger partial charge in [0.25, 0.3) is 0 Å². The number of nitrogens with two attached hydrogens (primary N) is 1. The number of carbonyl (C=O) groups excluding carboxylic acids is 1. The molecule has 0 saturated heterocycles. The van der Waals surface area contributed by atoms with E-state index in [4.69, 9.17) is 10.5 Å². The van der Waals surface area contributed by atoms with Gasteiger partial charge < -0.3 is 15.0 Å². The maximum Gasteiger partial charge on any atom is 0.308 e. The van der Waals surface area contributed by atoms with Crippen LogP contribution in [0.15, 0.2) is 12.5 Å². The first-order valence-corrected chi connectivity index (χ1v) is 7.86. The van der Waals surface area contributed by atoms with Crippen LogP contribution in [0.25, 0.3) is 11.0 Å². The Morgan fingerprint density at radius 2 is 2.09 bits per heavy atom. The first-order valence-electron chi connectivity index (χ1n) is 7.86. The number of nitrogen functional groups attached to an aromatic ring is 1. The second kappa shape index (κ2) is 5.94. The zero-order chi connectivity index (χ0) is 15.7. The topological polar surface area (TPSA) is 83.0 Å². The number of hydrogen-bond donors (Lipinski definition) is 1. The van der Waals surface area contributed by atoms with Crippen LogP contribution in [0.3, 0.4) is 0 Å². The van der Waals surface area contributed by atoms with Gasteiger partial charge in [-0.25, -0.2) is 9.97 Å². The van der Waals surface area contributed by atoms with Gasteiger partial charge in [-0.15, -0.1) is 0 Å². The average Bonchev–Trinajstić information content (AvgIpc) is 2.86. The normalized spacial score (nSPS) is 21.9. The van der Waals surface area contributed by atoms with E-state index in [1.54, 1.807) is 0 Å². The van der Waals surface area contributed by atoms with E-state index < -0.39 is 0 Å². The summed E-state index contributed by atoms with van der Waals surface area (Å²) in [4.78, 5) is 20.3. The summed E-state index contributed by atoms with van der Waals surface area (Å²) in [6.07, 6.45) is 7.25. The summed E-state index contributed by atoms with van der Waals surface area (Å²) in [7, 11) is 0. The van der Waals surface area contributed by atoms with E-state index in [2.05, 4.69) is 20.7 Å². The van der Waals surface area contributed by atoms with Crippen LogP contribution in [0, 0.1) is 12.8 Å². The lowest BCUT2D eigenvalue weighted by molar-refractivity contribution is -0.149. The van der Waals surface area contributed by atoms with Crippen LogP contribution in [0.1, 0.15) is 44.2 Å². The van der Waals surface area contributed by atoms with Crippen molar-refractivity contribution in [3.05, 3.63) is 18.1 Å². The third-order valence-electron chi connectivity index (χ3n) is 4.54. The molecule has 2 heterocycles. The number of anilines is 1. The van der Waals surface area contributed by atoms with E-state index in [0.717, 1.165) is 42.3 Å². The van der Waals surface area contributed by atoms with Crippen molar-refractivity contribution in [1.82, 2.24) is 14.5 Å². The summed E-state index contributed by atoms with van der Waals surface area (Å²) >= 11 is 0. The number of rotatable bonds is 3. The molecule has 6 heteroatoms. The first kappa shape index (κ1) is 14.8. The van der Waals surface area contributed by atoms with Gasteiger partial charge in [-0.3, -0.25) is 4.79 Å². The molecule has 6 nitrogen and oxygen atoms in total. The Hall–Kier alpha value is -2.11. The molecule has 1 aliphatic rings. The molecule has 118 valence electrons. The highest BCUT2D eigenvalue weighted by molar-refractivity contribution is 5.89. The van der Waals surface area contributed by atoms with Gasteiger partial charge in [0.05, 0.1) is 17.9 Å². The fourth-order valence-corrected chi connectivity index (χ4v) is 3.43. The number of aryl methyl sites for hydroxylation is 1. The Bertz CT molecular complexity index is 687. The van der Waals surface area contributed by atoms with Crippen LogP contribution >= 0.6 is 0 Å². The Morgan fingerprint density at radius 1 is 1.36 bits per heavy atom. The third-order valence-corrected chi connectivity index (χ3v) is 4.54. The van der Waals surface area contributed by atoms with Gasteiger partial charge in [0.2, 0.25) is 0 Å². The zero-order valence-corrected chi connectivity index (χ0v) is 13.1. The molecule has 2 N–H and O–H groups in total. The number of ether oxygens (including phenoxy) is 1. The predicted molar refractivity (Wildman–Crippen MR) is 84.3 cm³/mol. The molecule has 0 atom stereocenters. The summed E-state index contributed by atoms with van der Waals surface area (Å²) in [6.45, 7) is 4.33. The van der Waals surface area contributed by atoms with Crippen molar-refractivity contribution >= 4 is 22.8 Å². The number of aromatic nitrogens is 3. The maximum absolute atomic E-state index is 11.8. The molecule has 2 aromatic heterocycles. The molecular weight excluding hydrogens is 280 g/mol. The highest BCUT2D eigenvalue weighted by atomic mass is 16.5. The Kier molecular flexibility index (Phi) is 4.00. The molecule has 0 amide bonds. The molecule has 0 radical (unpaired) electrons. The van der Waals surface area contributed by atoms with Gasteiger partial charge in [-0.05, 0) is 45.1 Å². The van der Waals surface area contributed by atoms with Crippen molar-refractivity contribution < 1.29 is 9.53 Å². The summed E-state index contributed by atoms with van der Waals surface area (Å²) in [5.74, 6) is 0.515. The highest BCUT2D eigenvalue weighted by Crippen LogP contribution is 2.36. The molecule has 22 heavy (non-hydrogen) atoms. The van der Waals surface area contributed by atoms with Crippen LogP contribution in [0.2, 0.25) is 0 Å². The van der Waals surface area contributed by atoms with Crippen LogP contribution < -0.4 is 5.73 Å². The summed E-state index contributed by atoms with van der Waals surface area (Å²) in [5, 5.41) is 0.940. The fourth-order valence-electron chi connectivity index (χ4n) is 3.43. The molecule has 0 unspecified atom stereocenters. The molecular formula is C16H22N4O2. The second-order valence-electron chi connectivity index (χ2n) is 5.93. The summed E-state index contributed by atoms with van der Waals surface area (Å²) in [6, 6.07) is 0.358. The van der Waals surface area contributed by atoms with Crippen molar-refractivity contribution in [3.8, 4) is 0 Å². The van der Waals surface area contributed by atoms with E-state index in [1.165, 1.54) is 6.33 Å².